The van der Waals surface area contributed by atoms with E-state index >= 15 is 0 Å². The number of nitrogens with zero attached hydrogens (tertiary/aromatic N) is 3. The largest absolute Gasteiger partial charge is 0.504 e. The summed E-state index contributed by atoms with van der Waals surface area (Å²) in [6, 6.07) is 10.5. The Morgan fingerprint density at radius 3 is 2.73 bits per heavy atom. The SMILES string of the molecule is COc1c(C)cc2c(c1O)[C@@H]1C3[C@@H]4SC[C@]5(NCCc6c5[nH]c5ccccc65)C(=O)COC[C@@H](c5c6c(c(C)c(OC(C)=O)c54)OCO6)N3[C@@H](C#N)[C@H](C2)N1C. The second-order valence-corrected chi connectivity index (χ2v) is 16.9. The van der Waals surface area contributed by atoms with Gasteiger partial charge in [-0.25, -0.2) is 0 Å². The number of phenolic OH excluding ortho intramolecular Hbond substituents is 1. The van der Waals surface area contributed by atoms with Gasteiger partial charge in [-0.15, -0.1) is 11.8 Å². The van der Waals surface area contributed by atoms with Crippen LogP contribution in [0.3, 0.4) is 0 Å². The minimum atomic E-state index is -1.15. The Hall–Kier alpha value is -4.78. The van der Waals surface area contributed by atoms with Crippen LogP contribution in [0.4, 0.5) is 0 Å². The van der Waals surface area contributed by atoms with Crippen LogP contribution in [0.1, 0.15) is 68.9 Å². The summed E-state index contributed by atoms with van der Waals surface area (Å²) in [5.41, 5.74) is 6.36. The Balaban J connectivity index is 1.26. The molecule has 4 bridgehead atoms. The lowest BCUT2D eigenvalue weighted by Crippen LogP contribution is -2.69. The second kappa shape index (κ2) is 12.9. The summed E-state index contributed by atoms with van der Waals surface area (Å²) < 4.78 is 30.9. The number of Topliss-reactive ketones (excluding diaryl/α,β-unsaturated/α-hetero) is 1. The Morgan fingerprint density at radius 2 is 1.95 bits per heavy atom. The van der Waals surface area contributed by atoms with E-state index in [0.29, 0.717) is 41.5 Å². The number of piperazine rings is 1. The number of nitrogens with one attached hydrogen (secondary N) is 2. The Labute approximate surface area is 328 Å². The summed E-state index contributed by atoms with van der Waals surface area (Å²) in [5.74, 6) is 1.57. The first-order valence-corrected chi connectivity index (χ1v) is 20.1. The fourth-order valence-electron chi connectivity index (χ4n) is 10.8. The van der Waals surface area contributed by atoms with Crippen molar-refractivity contribution in [3.05, 3.63) is 75.0 Å². The summed E-state index contributed by atoms with van der Waals surface area (Å²) in [6.45, 7) is 5.59. The van der Waals surface area contributed by atoms with Gasteiger partial charge in [0.1, 0.15) is 23.9 Å². The highest BCUT2D eigenvalue weighted by molar-refractivity contribution is 7.99. The van der Waals surface area contributed by atoms with Crippen LogP contribution in [0.15, 0.2) is 30.3 Å². The van der Waals surface area contributed by atoms with Crippen LogP contribution >= 0.6 is 11.8 Å². The van der Waals surface area contributed by atoms with Gasteiger partial charge < -0.3 is 33.8 Å². The molecule has 7 aliphatic rings. The van der Waals surface area contributed by atoms with E-state index in [1.54, 1.807) is 18.9 Å². The number of ketones is 1. The molecule has 11 rings (SSSR count). The summed E-state index contributed by atoms with van der Waals surface area (Å²) in [4.78, 5) is 36.0. The quantitative estimate of drug-likeness (QED) is 0.189. The number of hydrogen-bond acceptors (Lipinski definition) is 13. The lowest BCUT2D eigenvalue weighted by atomic mass is 9.71. The molecular formula is C42H43N5O8S. The predicted octanol–water partition coefficient (Wildman–Crippen LogP) is 4.80. The van der Waals surface area contributed by atoms with E-state index in [2.05, 4.69) is 38.3 Å². The number of esters is 1. The third-order valence-corrected chi connectivity index (χ3v) is 14.5. The van der Waals surface area contributed by atoms with Gasteiger partial charge in [-0.2, -0.15) is 5.26 Å². The summed E-state index contributed by atoms with van der Waals surface area (Å²) >= 11 is 1.59. The maximum atomic E-state index is 14.8. The number of aryl methyl sites for hydroxylation is 1. The standard InChI is InChI=1S/C42H43N5O8S/c1-19-12-22-13-26-27(14-43)47-28-15-52-16-29(49)42(41-24(10-11-44-42)23-8-6-7-9-25(23)45-41)17-56-40(34(47)33(46(26)4)30(22)35(50)36(19)51-5)32-31(28)39-38(53-18-54-39)20(2)37(32)55-21(3)48/h6-9,12,26-28,33-34,40,44-45,50H,10-11,13,15-18H2,1-5H3/t26-,27-,28-,33+,34?,40+,42-/m0/s1. The van der Waals surface area contributed by atoms with Gasteiger partial charge in [0.05, 0.1) is 37.1 Å². The molecule has 7 aliphatic heterocycles. The molecule has 290 valence electrons. The van der Waals surface area contributed by atoms with Gasteiger partial charge in [0.25, 0.3) is 0 Å². The molecule has 14 heteroatoms. The molecule has 1 aromatic heterocycles. The van der Waals surface area contributed by atoms with Crippen molar-refractivity contribution in [2.45, 2.75) is 74.6 Å². The van der Waals surface area contributed by atoms with Gasteiger partial charge in [-0.05, 0) is 56.5 Å². The Kier molecular flexibility index (Phi) is 8.19. The molecule has 1 unspecified atom stereocenters. The van der Waals surface area contributed by atoms with Crippen LogP contribution in [-0.4, -0.2) is 96.2 Å². The number of nitriles is 1. The van der Waals surface area contributed by atoms with Crippen molar-refractivity contribution in [2.24, 2.45) is 0 Å². The predicted molar refractivity (Wildman–Crippen MR) is 206 cm³/mol. The van der Waals surface area contributed by atoms with Crippen LogP contribution < -0.4 is 24.3 Å². The van der Waals surface area contributed by atoms with E-state index in [9.17, 15) is 20.0 Å². The topological polar surface area (TPSA) is 159 Å². The minimum Gasteiger partial charge on any atom is -0.504 e. The maximum Gasteiger partial charge on any atom is 0.308 e. The highest BCUT2D eigenvalue weighted by atomic mass is 32.2. The van der Waals surface area contributed by atoms with Gasteiger partial charge in [-0.3, -0.25) is 24.7 Å². The third kappa shape index (κ3) is 4.75. The fourth-order valence-corrected chi connectivity index (χ4v) is 12.5. The zero-order valence-corrected chi connectivity index (χ0v) is 32.7. The van der Waals surface area contributed by atoms with Crippen molar-refractivity contribution < 1.29 is 38.4 Å². The molecule has 1 spiro atoms. The van der Waals surface area contributed by atoms with E-state index in [4.69, 9.17) is 23.7 Å². The van der Waals surface area contributed by atoms with Crippen molar-refractivity contribution in [3.63, 3.8) is 0 Å². The fraction of sp³-hybridized carbons (Fsp3) is 0.452. The van der Waals surface area contributed by atoms with Gasteiger partial charge in [0.2, 0.25) is 6.79 Å². The summed E-state index contributed by atoms with van der Waals surface area (Å²) in [5, 5.41) is 27.6. The number of carbonyl (C=O) groups is 2. The summed E-state index contributed by atoms with van der Waals surface area (Å²) in [7, 11) is 3.58. The Bertz CT molecular complexity index is 2410. The first kappa shape index (κ1) is 35.6. The summed E-state index contributed by atoms with van der Waals surface area (Å²) in [6.07, 6.45) is 1.28. The molecule has 0 radical (unpaired) electrons. The molecule has 0 saturated carbocycles. The van der Waals surface area contributed by atoms with Crippen LogP contribution in [0.2, 0.25) is 0 Å². The molecule has 3 aromatic carbocycles. The van der Waals surface area contributed by atoms with Gasteiger partial charge >= 0.3 is 5.97 Å². The van der Waals surface area contributed by atoms with Crippen molar-refractivity contribution in [2.75, 3.05) is 46.5 Å². The van der Waals surface area contributed by atoms with E-state index in [1.165, 1.54) is 6.92 Å². The lowest BCUT2D eigenvalue weighted by Gasteiger charge is -2.61. The zero-order valence-electron chi connectivity index (χ0n) is 31.9. The normalized spacial score (nSPS) is 29.2. The first-order chi connectivity index (χ1) is 27.1. The monoisotopic (exact) mass is 777 g/mol. The van der Waals surface area contributed by atoms with Crippen LogP contribution in [0.5, 0.6) is 28.7 Å². The zero-order chi connectivity index (χ0) is 38.8. The van der Waals surface area contributed by atoms with Crippen LogP contribution in [-0.2, 0) is 32.7 Å². The van der Waals surface area contributed by atoms with E-state index in [0.717, 1.165) is 56.4 Å². The van der Waals surface area contributed by atoms with E-state index in [1.807, 2.05) is 39.1 Å². The number of phenols is 1. The number of hydrogen-bond donors (Lipinski definition) is 3. The van der Waals surface area contributed by atoms with E-state index < -0.39 is 40.9 Å². The number of likely N-dealkylation sites (N-methyl/N-ethyl adjacent to an activating group) is 1. The maximum absolute atomic E-state index is 14.8. The van der Waals surface area contributed by atoms with Crippen molar-refractivity contribution >= 4 is 34.4 Å². The second-order valence-electron chi connectivity index (χ2n) is 15.8. The number of aromatic hydroxyl groups is 1. The minimum absolute atomic E-state index is 0.0221. The van der Waals surface area contributed by atoms with Crippen molar-refractivity contribution in [1.29, 1.82) is 5.26 Å². The molecule has 13 nitrogen and oxygen atoms in total. The smallest absolute Gasteiger partial charge is 0.308 e. The molecule has 4 aromatic rings. The number of aromatic amines is 1. The third-order valence-electron chi connectivity index (χ3n) is 13.1. The average molecular weight is 778 g/mol. The molecule has 0 amide bonds. The van der Waals surface area contributed by atoms with E-state index in [-0.39, 0.29) is 43.3 Å². The molecule has 8 heterocycles. The average Bonchev–Trinajstić information content (AvgIpc) is 3.82. The highest BCUT2D eigenvalue weighted by Crippen LogP contribution is 2.64. The number of carbonyl (C=O) groups excluding carboxylic acids is 2. The number of para-hydroxylation sites is 1. The number of benzene rings is 3. The molecule has 56 heavy (non-hydrogen) atoms. The van der Waals surface area contributed by atoms with Gasteiger partial charge in [0, 0.05) is 70.2 Å². The Morgan fingerprint density at radius 1 is 1.14 bits per heavy atom. The van der Waals surface area contributed by atoms with Gasteiger partial charge in [-0.1, -0.05) is 24.3 Å². The molecule has 3 N–H and O–H groups in total. The van der Waals surface area contributed by atoms with Crippen molar-refractivity contribution in [3.8, 4) is 34.8 Å². The lowest BCUT2D eigenvalue weighted by molar-refractivity contribution is -0.133. The molecular weight excluding hydrogens is 735 g/mol. The number of aromatic nitrogens is 1. The van der Waals surface area contributed by atoms with Crippen LogP contribution in [0, 0.1) is 25.2 Å². The number of fused-ring (bicyclic) bond motifs is 12. The number of thioether (sulfide) groups is 1. The number of methoxy groups -OCH3 is 1. The molecule has 0 aliphatic carbocycles. The molecule has 7 atom stereocenters. The van der Waals surface area contributed by atoms with Crippen LogP contribution in [0.25, 0.3) is 10.9 Å². The highest BCUT2D eigenvalue weighted by Gasteiger charge is 2.61. The van der Waals surface area contributed by atoms with Crippen molar-refractivity contribution in [1.82, 2.24) is 20.1 Å². The number of H-pyrrole nitrogens is 1. The molecule has 2 saturated heterocycles. The first-order valence-electron chi connectivity index (χ1n) is 19.1. The molecule has 2 fully saturated rings. The number of rotatable bonds is 2. The number of ether oxygens (including phenoxy) is 5. The van der Waals surface area contributed by atoms with Gasteiger partial charge in [0.15, 0.2) is 28.8 Å².